The van der Waals surface area contributed by atoms with Crippen LogP contribution in [0.15, 0.2) is 84.9 Å². The van der Waals surface area contributed by atoms with E-state index >= 15 is 0 Å². The normalized spacial score (nSPS) is 14.3. The van der Waals surface area contributed by atoms with Crippen LogP contribution in [0, 0.1) is 0 Å². The lowest BCUT2D eigenvalue weighted by atomic mass is 10.1. The van der Waals surface area contributed by atoms with E-state index in [9.17, 15) is 43.5 Å². The molecule has 0 fully saturated rings. The van der Waals surface area contributed by atoms with Crippen molar-refractivity contribution in [2.45, 2.75) is 0 Å². The van der Waals surface area contributed by atoms with Crippen molar-refractivity contribution in [1.29, 1.82) is 0 Å². The van der Waals surface area contributed by atoms with E-state index in [4.69, 9.17) is 0 Å². The van der Waals surface area contributed by atoms with Crippen LogP contribution in [0.5, 0.6) is 0 Å². The predicted octanol–water partition coefficient (Wildman–Crippen LogP) is 3.63. The minimum atomic E-state index is -3.45. The zero-order valence-electron chi connectivity index (χ0n) is 22.2. The fraction of sp³-hybridized carbons (Fsp3) is 0.0323. The number of nitrogens with zero attached hydrogens (tertiary/aromatic N) is 2. The molecule has 0 saturated heterocycles. The molecule has 12 heteroatoms. The average molecular weight is 594 g/mol. The van der Waals surface area contributed by atoms with Crippen LogP contribution in [-0.2, 0) is 4.57 Å². The Morgan fingerprint density at radius 1 is 0.558 bits per heavy atom. The highest BCUT2D eigenvalue weighted by atomic mass is 31.2. The van der Waals surface area contributed by atoms with Crippen molar-refractivity contribution in [3.8, 4) is 0 Å². The van der Waals surface area contributed by atoms with E-state index in [1.165, 1.54) is 67.3 Å². The maximum Gasteiger partial charge on any atom is 0.335 e. The zero-order valence-corrected chi connectivity index (χ0v) is 23.1. The fourth-order valence-electron chi connectivity index (χ4n) is 5.16. The monoisotopic (exact) mass is 594 g/mol. The number of fused-ring (bicyclic) bond motifs is 2. The minimum Gasteiger partial charge on any atom is -0.478 e. The number of carbonyl (C=O) groups excluding carboxylic acids is 4. The number of rotatable bonds is 6. The lowest BCUT2D eigenvalue weighted by Crippen LogP contribution is -2.31. The van der Waals surface area contributed by atoms with Gasteiger partial charge >= 0.3 is 11.9 Å². The minimum absolute atomic E-state index is 0.0456. The molecule has 6 rings (SSSR count). The summed E-state index contributed by atoms with van der Waals surface area (Å²) < 4.78 is 14.2. The molecular formula is C31H19N2O9P. The van der Waals surface area contributed by atoms with Gasteiger partial charge in [0.15, 0.2) is 0 Å². The summed E-state index contributed by atoms with van der Waals surface area (Å²) in [6, 6.07) is 19.3. The molecule has 0 saturated carbocycles. The molecule has 4 aromatic rings. The quantitative estimate of drug-likeness (QED) is 0.250. The second kappa shape index (κ2) is 9.71. The van der Waals surface area contributed by atoms with E-state index in [0.717, 1.165) is 21.9 Å². The van der Waals surface area contributed by atoms with Crippen LogP contribution in [0.1, 0.15) is 62.1 Å². The number of aromatic carboxylic acids is 2. The highest BCUT2D eigenvalue weighted by molar-refractivity contribution is 7.78. The van der Waals surface area contributed by atoms with Gasteiger partial charge in [0, 0.05) is 10.6 Å². The molecule has 0 aromatic heterocycles. The highest BCUT2D eigenvalue weighted by Gasteiger charge is 2.39. The summed E-state index contributed by atoms with van der Waals surface area (Å²) in [6.45, 7) is 1.47. The standard InChI is InChI=1S/C31H19N2O9P/c1-43(42,20-6-2-4-18(14-20)32-26(34)22-10-8-16(30(38)39)12-24(22)28(32)36)21-7-3-5-19(15-21)33-27(35)23-11-9-17(31(40)41)13-25(23)29(33)37/h2-15H,1H3,(H,38,39)(H,40,41). The average Bonchev–Trinajstić information content (AvgIpc) is 3.40. The van der Waals surface area contributed by atoms with Crippen LogP contribution in [0.3, 0.4) is 0 Å². The smallest absolute Gasteiger partial charge is 0.335 e. The molecule has 0 atom stereocenters. The summed E-state index contributed by atoms with van der Waals surface area (Å²) in [5.41, 5.74) is -0.0453. The molecule has 0 bridgehead atoms. The van der Waals surface area contributed by atoms with Crippen molar-refractivity contribution >= 4 is 64.7 Å². The van der Waals surface area contributed by atoms with Gasteiger partial charge in [-0.25, -0.2) is 19.4 Å². The van der Waals surface area contributed by atoms with Gasteiger partial charge in [0.1, 0.15) is 7.14 Å². The number of anilines is 2. The maximum atomic E-state index is 14.2. The molecule has 4 aromatic carbocycles. The largest absolute Gasteiger partial charge is 0.478 e. The second-order valence-corrected chi connectivity index (χ2v) is 12.9. The molecule has 0 radical (unpaired) electrons. The van der Waals surface area contributed by atoms with E-state index in [2.05, 4.69) is 0 Å². The third kappa shape index (κ3) is 4.25. The number of hydrogen-bond donors (Lipinski definition) is 2. The molecule has 2 heterocycles. The number of benzene rings is 4. The Morgan fingerprint density at radius 3 is 1.30 bits per heavy atom. The molecule has 0 aliphatic carbocycles. The van der Waals surface area contributed by atoms with Gasteiger partial charge < -0.3 is 14.8 Å². The van der Waals surface area contributed by atoms with E-state index in [1.807, 2.05) is 0 Å². The Morgan fingerprint density at radius 2 is 0.930 bits per heavy atom. The molecule has 2 aliphatic heterocycles. The molecule has 4 amide bonds. The summed E-state index contributed by atoms with van der Waals surface area (Å²) in [4.78, 5) is 77.1. The van der Waals surface area contributed by atoms with Crippen molar-refractivity contribution in [3.05, 3.63) is 118 Å². The highest BCUT2D eigenvalue weighted by Crippen LogP contribution is 2.42. The SMILES string of the molecule is CP(=O)(c1cccc(N2C(=O)c3ccc(C(=O)O)cc3C2=O)c1)c1cccc(N2C(=O)c3ccc(C(=O)O)cc3C2=O)c1. The van der Waals surface area contributed by atoms with E-state index in [0.29, 0.717) is 0 Å². The maximum absolute atomic E-state index is 14.2. The Hall–Kier alpha value is -5.67. The summed E-state index contributed by atoms with van der Waals surface area (Å²) >= 11 is 0. The van der Waals surface area contributed by atoms with Crippen molar-refractivity contribution in [3.63, 3.8) is 0 Å². The number of carboxylic acids is 2. The second-order valence-electron chi connectivity index (χ2n) is 9.99. The molecular weight excluding hydrogens is 575 g/mol. The van der Waals surface area contributed by atoms with Crippen molar-refractivity contribution < 1.29 is 43.5 Å². The van der Waals surface area contributed by atoms with Crippen LogP contribution < -0.4 is 20.4 Å². The first-order chi connectivity index (χ1) is 20.4. The van der Waals surface area contributed by atoms with Gasteiger partial charge in [0.25, 0.3) is 23.6 Å². The summed E-state index contributed by atoms with van der Waals surface area (Å²) in [7, 11) is -3.45. The summed E-state index contributed by atoms with van der Waals surface area (Å²) in [5, 5.41) is 19.1. The van der Waals surface area contributed by atoms with Crippen LogP contribution in [-0.4, -0.2) is 52.4 Å². The third-order valence-electron chi connectivity index (χ3n) is 7.43. The molecule has 11 nitrogen and oxygen atoms in total. The van der Waals surface area contributed by atoms with Gasteiger partial charge in [-0.15, -0.1) is 0 Å². The van der Waals surface area contributed by atoms with Gasteiger partial charge in [0.05, 0.1) is 44.8 Å². The van der Waals surface area contributed by atoms with Crippen LogP contribution in [0.4, 0.5) is 11.4 Å². The number of carbonyl (C=O) groups is 6. The molecule has 2 N–H and O–H groups in total. The van der Waals surface area contributed by atoms with Gasteiger partial charge in [-0.3, -0.25) is 19.2 Å². The lowest BCUT2D eigenvalue weighted by Gasteiger charge is -2.20. The van der Waals surface area contributed by atoms with Gasteiger partial charge in [-0.05, 0) is 67.3 Å². The number of amides is 4. The third-order valence-corrected chi connectivity index (χ3v) is 9.96. The zero-order chi connectivity index (χ0) is 30.8. The molecule has 0 spiro atoms. The van der Waals surface area contributed by atoms with Gasteiger partial charge in [0.2, 0.25) is 0 Å². The predicted molar refractivity (Wildman–Crippen MR) is 155 cm³/mol. The Bertz CT molecular complexity index is 1890. The molecule has 2 aliphatic rings. The Kier molecular flexibility index (Phi) is 6.21. The van der Waals surface area contributed by atoms with Crippen LogP contribution in [0.2, 0.25) is 0 Å². The Labute approximate surface area is 243 Å². The fourth-order valence-corrected chi connectivity index (χ4v) is 6.96. The van der Waals surface area contributed by atoms with Crippen molar-refractivity contribution in [2.75, 3.05) is 16.5 Å². The Balaban J connectivity index is 1.34. The first kappa shape index (κ1) is 27.5. The van der Waals surface area contributed by atoms with Gasteiger partial charge in [-0.1, -0.05) is 24.3 Å². The van der Waals surface area contributed by atoms with E-state index in [-0.39, 0.29) is 55.4 Å². The topological polar surface area (TPSA) is 166 Å². The number of imide groups is 2. The van der Waals surface area contributed by atoms with E-state index in [1.54, 1.807) is 12.1 Å². The molecule has 0 unspecified atom stereocenters. The molecule has 212 valence electrons. The summed E-state index contributed by atoms with van der Waals surface area (Å²) in [5.74, 6) is -5.24. The first-order valence-electron chi connectivity index (χ1n) is 12.7. The van der Waals surface area contributed by atoms with E-state index < -0.39 is 42.7 Å². The van der Waals surface area contributed by atoms with Crippen LogP contribution >= 0.6 is 7.14 Å². The lowest BCUT2D eigenvalue weighted by molar-refractivity contribution is 0.0686. The number of carboxylic acid groups (broad SMARTS) is 2. The van der Waals surface area contributed by atoms with Gasteiger partial charge in [-0.2, -0.15) is 0 Å². The van der Waals surface area contributed by atoms with Crippen molar-refractivity contribution in [1.82, 2.24) is 0 Å². The summed E-state index contributed by atoms with van der Waals surface area (Å²) in [6.07, 6.45) is 0. The van der Waals surface area contributed by atoms with Crippen molar-refractivity contribution in [2.24, 2.45) is 0 Å². The van der Waals surface area contributed by atoms with Crippen LogP contribution in [0.25, 0.3) is 0 Å². The number of hydrogen-bond acceptors (Lipinski definition) is 7. The molecule has 43 heavy (non-hydrogen) atoms. The first-order valence-corrected chi connectivity index (χ1v) is 14.9.